The minimum Gasteiger partial charge on any atom is -0.351 e. The van der Waals surface area contributed by atoms with Crippen LogP contribution in [0.2, 0.25) is 0 Å². The highest BCUT2D eigenvalue weighted by molar-refractivity contribution is 6.07. The Balaban J connectivity index is 1.46. The van der Waals surface area contributed by atoms with Crippen LogP contribution >= 0.6 is 0 Å². The van der Waals surface area contributed by atoms with Crippen LogP contribution in [0.25, 0.3) is 22.2 Å². The van der Waals surface area contributed by atoms with Crippen molar-refractivity contribution >= 4 is 28.4 Å². The molecule has 0 saturated heterocycles. The molecule has 4 rings (SSSR count). The number of benzene rings is 3. The molecular formula is C27H25N3O2. The lowest BCUT2D eigenvalue weighted by Gasteiger charge is -2.11. The lowest BCUT2D eigenvalue weighted by Crippen LogP contribution is -2.28. The van der Waals surface area contributed by atoms with Crippen molar-refractivity contribution < 1.29 is 9.59 Å². The van der Waals surface area contributed by atoms with E-state index in [-0.39, 0.29) is 24.8 Å². The number of aryl methyl sites for hydroxylation is 2. The van der Waals surface area contributed by atoms with E-state index in [9.17, 15) is 9.59 Å². The third-order valence-electron chi connectivity index (χ3n) is 5.46. The summed E-state index contributed by atoms with van der Waals surface area (Å²) >= 11 is 0. The van der Waals surface area contributed by atoms with E-state index in [1.807, 2.05) is 92.7 Å². The number of aromatic nitrogens is 1. The van der Waals surface area contributed by atoms with Crippen molar-refractivity contribution in [1.29, 1.82) is 0 Å². The summed E-state index contributed by atoms with van der Waals surface area (Å²) in [6.45, 7) is 4.28. The molecule has 0 unspecified atom stereocenters. The molecule has 5 heteroatoms. The topological polar surface area (TPSA) is 71.1 Å². The molecule has 2 N–H and O–H groups in total. The van der Waals surface area contributed by atoms with Crippen molar-refractivity contribution in [2.24, 2.45) is 0 Å². The molecule has 0 atom stereocenters. The monoisotopic (exact) mass is 423 g/mol. The first kappa shape index (κ1) is 21.2. The number of pyridine rings is 1. The summed E-state index contributed by atoms with van der Waals surface area (Å²) in [5, 5.41) is 6.54. The van der Waals surface area contributed by atoms with E-state index in [0.717, 1.165) is 33.4 Å². The second kappa shape index (κ2) is 9.43. The van der Waals surface area contributed by atoms with E-state index in [2.05, 4.69) is 10.6 Å². The van der Waals surface area contributed by atoms with E-state index in [1.165, 1.54) is 5.56 Å². The molecule has 160 valence electrons. The van der Waals surface area contributed by atoms with Crippen LogP contribution in [0.5, 0.6) is 0 Å². The quantitative estimate of drug-likeness (QED) is 0.443. The second-order valence-corrected chi connectivity index (χ2v) is 7.79. The minimum atomic E-state index is -0.222. The molecular weight excluding hydrogens is 398 g/mol. The van der Waals surface area contributed by atoms with Gasteiger partial charge in [0, 0.05) is 29.6 Å². The third kappa shape index (κ3) is 4.83. The summed E-state index contributed by atoms with van der Waals surface area (Å²) in [5.41, 5.74) is 6.04. The Bertz CT molecular complexity index is 1280. The Hall–Kier alpha value is -3.99. The first-order chi connectivity index (χ1) is 15.5. The number of hydrogen-bond acceptors (Lipinski definition) is 3. The van der Waals surface area contributed by atoms with Gasteiger partial charge in [0.05, 0.1) is 16.8 Å². The maximum atomic E-state index is 13.0. The van der Waals surface area contributed by atoms with Crippen LogP contribution in [0.4, 0.5) is 5.69 Å². The van der Waals surface area contributed by atoms with Gasteiger partial charge in [0.15, 0.2) is 0 Å². The molecule has 0 saturated carbocycles. The van der Waals surface area contributed by atoms with E-state index in [0.29, 0.717) is 5.56 Å². The normalized spacial score (nSPS) is 10.7. The Morgan fingerprint density at radius 2 is 1.59 bits per heavy atom. The molecule has 1 heterocycles. The zero-order valence-electron chi connectivity index (χ0n) is 18.2. The van der Waals surface area contributed by atoms with Crippen LogP contribution in [0.3, 0.4) is 0 Å². The molecule has 32 heavy (non-hydrogen) atoms. The number of carbonyl (C=O) groups excluding carboxylic acids is 2. The highest BCUT2D eigenvalue weighted by Gasteiger charge is 2.14. The van der Waals surface area contributed by atoms with Gasteiger partial charge in [-0.3, -0.25) is 9.59 Å². The van der Waals surface area contributed by atoms with Crippen LogP contribution in [-0.4, -0.2) is 23.3 Å². The largest absolute Gasteiger partial charge is 0.351 e. The number of nitrogens with one attached hydrogen (secondary N) is 2. The zero-order chi connectivity index (χ0) is 22.5. The number of anilines is 1. The fourth-order valence-electron chi connectivity index (χ4n) is 3.55. The molecule has 0 fully saturated rings. The van der Waals surface area contributed by atoms with Crippen molar-refractivity contribution in [3.8, 4) is 11.3 Å². The SMILES string of the molecule is Cc1ccc(NC(=O)CCNC(=O)c2cc(-c3ccccc3)nc3ccccc23)cc1C. The first-order valence-corrected chi connectivity index (χ1v) is 10.6. The van der Waals surface area contributed by atoms with Gasteiger partial charge >= 0.3 is 0 Å². The fourth-order valence-corrected chi connectivity index (χ4v) is 3.55. The molecule has 2 amide bonds. The summed E-state index contributed by atoms with van der Waals surface area (Å²) in [5.74, 6) is -0.363. The van der Waals surface area contributed by atoms with Gasteiger partial charge in [-0.05, 0) is 49.2 Å². The Kier molecular flexibility index (Phi) is 6.26. The van der Waals surface area contributed by atoms with Gasteiger partial charge in [0.1, 0.15) is 0 Å². The fraction of sp³-hybridized carbons (Fsp3) is 0.148. The van der Waals surface area contributed by atoms with E-state index in [1.54, 1.807) is 0 Å². The van der Waals surface area contributed by atoms with Crippen LogP contribution < -0.4 is 10.6 Å². The van der Waals surface area contributed by atoms with Crippen LogP contribution in [0.15, 0.2) is 78.9 Å². The van der Waals surface area contributed by atoms with Gasteiger partial charge in [-0.2, -0.15) is 0 Å². The van der Waals surface area contributed by atoms with Gasteiger partial charge in [-0.15, -0.1) is 0 Å². The summed E-state index contributed by atoms with van der Waals surface area (Å²) < 4.78 is 0. The van der Waals surface area contributed by atoms with Crippen molar-refractivity contribution in [2.45, 2.75) is 20.3 Å². The molecule has 1 aromatic heterocycles. The average molecular weight is 424 g/mol. The number of amides is 2. The van der Waals surface area contributed by atoms with Crippen molar-refractivity contribution in [3.05, 3.63) is 95.6 Å². The van der Waals surface area contributed by atoms with Crippen molar-refractivity contribution in [2.75, 3.05) is 11.9 Å². The molecule has 0 aliphatic carbocycles. The molecule has 0 aliphatic heterocycles. The van der Waals surface area contributed by atoms with Gasteiger partial charge in [-0.25, -0.2) is 4.98 Å². The molecule has 4 aromatic rings. The summed E-state index contributed by atoms with van der Waals surface area (Å²) in [4.78, 5) is 30.0. The van der Waals surface area contributed by atoms with Crippen molar-refractivity contribution in [1.82, 2.24) is 10.3 Å². The molecule has 0 bridgehead atoms. The highest BCUT2D eigenvalue weighted by atomic mass is 16.2. The molecule has 0 aliphatic rings. The average Bonchev–Trinajstić information content (AvgIpc) is 2.81. The predicted molar refractivity (Wildman–Crippen MR) is 129 cm³/mol. The van der Waals surface area contributed by atoms with Crippen molar-refractivity contribution in [3.63, 3.8) is 0 Å². The van der Waals surface area contributed by atoms with E-state index < -0.39 is 0 Å². The summed E-state index contributed by atoms with van der Waals surface area (Å²) in [7, 11) is 0. The number of nitrogens with zero attached hydrogens (tertiary/aromatic N) is 1. The Morgan fingerprint density at radius 1 is 0.844 bits per heavy atom. The van der Waals surface area contributed by atoms with Gasteiger partial charge in [0.25, 0.3) is 5.91 Å². The Morgan fingerprint density at radius 3 is 2.38 bits per heavy atom. The van der Waals surface area contributed by atoms with Gasteiger partial charge < -0.3 is 10.6 Å². The maximum Gasteiger partial charge on any atom is 0.252 e. The molecule has 3 aromatic carbocycles. The van der Waals surface area contributed by atoms with E-state index >= 15 is 0 Å². The van der Waals surface area contributed by atoms with Crippen LogP contribution in [0, 0.1) is 13.8 Å². The van der Waals surface area contributed by atoms with Gasteiger partial charge in [-0.1, -0.05) is 54.6 Å². The predicted octanol–water partition coefficient (Wildman–Crippen LogP) is 5.28. The summed E-state index contributed by atoms with van der Waals surface area (Å²) in [6.07, 6.45) is 0.188. The van der Waals surface area contributed by atoms with Gasteiger partial charge in [0.2, 0.25) is 5.91 Å². The highest BCUT2D eigenvalue weighted by Crippen LogP contribution is 2.24. The molecule has 0 spiro atoms. The van der Waals surface area contributed by atoms with Crippen LogP contribution in [0.1, 0.15) is 27.9 Å². The Labute approximate surface area is 187 Å². The zero-order valence-corrected chi connectivity index (χ0v) is 18.2. The van der Waals surface area contributed by atoms with E-state index in [4.69, 9.17) is 4.98 Å². The lowest BCUT2D eigenvalue weighted by atomic mass is 10.0. The van der Waals surface area contributed by atoms with Crippen LogP contribution in [-0.2, 0) is 4.79 Å². The molecule has 5 nitrogen and oxygen atoms in total. The number of para-hydroxylation sites is 1. The number of fused-ring (bicyclic) bond motifs is 1. The first-order valence-electron chi connectivity index (χ1n) is 10.6. The minimum absolute atomic E-state index is 0.141. The smallest absolute Gasteiger partial charge is 0.252 e. The molecule has 0 radical (unpaired) electrons. The maximum absolute atomic E-state index is 13.0. The number of carbonyl (C=O) groups is 2. The standard InChI is InChI=1S/C27H25N3O2/c1-18-12-13-21(16-19(18)2)29-26(31)14-15-28-27(32)23-17-25(20-8-4-3-5-9-20)30-24-11-7-6-10-22(23)24/h3-13,16-17H,14-15H2,1-2H3,(H,28,32)(H,29,31). The number of hydrogen-bond donors (Lipinski definition) is 2. The lowest BCUT2D eigenvalue weighted by molar-refractivity contribution is -0.116. The third-order valence-corrected chi connectivity index (χ3v) is 5.46. The second-order valence-electron chi connectivity index (χ2n) is 7.79. The number of rotatable bonds is 6. The summed E-state index contributed by atoms with van der Waals surface area (Å²) in [6, 6.07) is 25.0.